The van der Waals surface area contributed by atoms with Crippen molar-refractivity contribution >= 4 is 52.9 Å². The summed E-state index contributed by atoms with van der Waals surface area (Å²) in [5.74, 6) is 0.782. The van der Waals surface area contributed by atoms with Crippen molar-refractivity contribution in [2.45, 2.75) is 19.9 Å². The Morgan fingerprint density at radius 3 is 2.82 bits per heavy atom. The molecule has 0 radical (unpaired) electrons. The number of nitrogens with zero attached hydrogens (tertiary/aromatic N) is 2. The summed E-state index contributed by atoms with van der Waals surface area (Å²) in [6.07, 6.45) is 2.79. The number of aliphatic imine (C=N–C) groups is 1. The molecule has 0 unspecified atom stereocenters. The molecule has 2 rings (SSSR count). The molecule has 0 saturated carbocycles. The van der Waals surface area contributed by atoms with Crippen LogP contribution in [0.2, 0.25) is 5.02 Å². The van der Waals surface area contributed by atoms with Gasteiger partial charge in [0.25, 0.3) is 0 Å². The van der Waals surface area contributed by atoms with Crippen molar-refractivity contribution in [3.63, 3.8) is 0 Å². The van der Waals surface area contributed by atoms with E-state index in [-0.39, 0.29) is 24.0 Å². The predicted molar refractivity (Wildman–Crippen MR) is 106 cm³/mol. The average Bonchev–Trinajstić information content (AvgIpc) is 2.88. The van der Waals surface area contributed by atoms with E-state index in [1.54, 1.807) is 18.4 Å². The first-order valence-corrected chi connectivity index (χ1v) is 7.97. The van der Waals surface area contributed by atoms with Gasteiger partial charge in [-0.2, -0.15) is 0 Å². The monoisotopic (exact) mass is 450 g/mol. The van der Waals surface area contributed by atoms with E-state index >= 15 is 0 Å². The molecule has 0 aliphatic rings. The van der Waals surface area contributed by atoms with Crippen LogP contribution in [0.5, 0.6) is 0 Å². The molecule has 0 bridgehead atoms. The number of guanidine groups is 1. The fourth-order valence-electron chi connectivity index (χ4n) is 1.88. The van der Waals surface area contributed by atoms with E-state index in [2.05, 4.69) is 33.6 Å². The van der Waals surface area contributed by atoms with Gasteiger partial charge in [0.05, 0.1) is 6.54 Å². The van der Waals surface area contributed by atoms with Gasteiger partial charge in [-0.3, -0.25) is 4.99 Å². The standard InChI is InChI=1S/C15H19ClN4S.HI/c1-11-9-19-14(21-11)10-20-15(17-2)18-7-6-12-4-3-5-13(16)8-12;/h3-5,8-9H,6-7,10H2,1-2H3,(H2,17,18,20);1H. The van der Waals surface area contributed by atoms with Gasteiger partial charge in [0, 0.05) is 29.7 Å². The van der Waals surface area contributed by atoms with Crippen molar-refractivity contribution in [3.8, 4) is 0 Å². The van der Waals surface area contributed by atoms with Crippen LogP contribution in [0, 0.1) is 6.92 Å². The van der Waals surface area contributed by atoms with Crippen molar-refractivity contribution in [1.82, 2.24) is 15.6 Å². The van der Waals surface area contributed by atoms with Crippen molar-refractivity contribution < 1.29 is 0 Å². The lowest BCUT2D eigenvalue weighted by atomic mass is 10.1. The maximum Gasteiger partial charge on any atom is 0.191 e. The Bertz CT molecular complexity index is 615. The number of hydrogen-bond donors (Lipinski definition) is 2. The molecule has 7 heteroatoms. The third kappa shape index (κ3) is 6.50. The van der Waals surface area contributed by atoms with Crippen LogP contribution in [-0.4, -0.2) is 24.5 Å². The summed E-state index contributed by atoms with van der Waals surface area (Å²) in [5.41, 5.74) is 1.21. The van der Waals surface area contributed by atoms with Gasteiger partial charge in [0.2, 0.25) is 0 Å². The van der Waals surface area contributed by atoms with E-state index in [9.17, 15) is 0 Å². The largest absolute Gasteiger partial charge is 0.356 e. The van der Waals surface area contributed by atoms with E-state index in [1.165, 1.54) is 10.4 Å². The Morgan fingerprint density at radius 1 is 1.36 bits per heavy atom. The third-order valence-corrected chi connectivity index (χ3v) is 4.04. The van der Waals surface area contributed by atoms with Crippen LogP contribution in [0.4, 0.5) is 0 Å². The molecule has 2 aromatic rings. The summed E-state index contributed by atoms with van der Waals surface area (Å²) in [6.45, 7) is 3.55. The zero-order chi connectivity index (χ0) is 15.1. The number of aromatic nitrogens is 1. The first-order valence-electron chi connectivity index (χ1n) is 6.77. The molecule has 1 heterocycles. The number of nitrogens with one attached hydrogen (secondary N) is 2. The first-order chi connectivity index (χ1) is 10.2. The molecule has 0 fully saturated rings. The average molecular weight is 451 g/mol. The molecule has 1 aromatic carbocycles. The number of aryl methyl sites for hydroxylation is 1. The summed E-state index contributed by atoms with van der Waals surface area (Å²) in [7, 11) is 1.77. The minimum atomic E-state index is 0. The van der Waals surface area contributed by atoms with Crippen LogP contribution in [-0.2, 0) is 13.0 Å². The third-order valence-electron chi connectivity index (χ3n) is 2.89. The second-order valence-corrected chi connectivity index (χ2v) is 6.35. The molecule has 0 amide bonds. The highest BCUT2D eigenvalue weighted by Gasteiger charge is 2.01. The molecule has 4 nitrogen and oxygen atoms in total. The second-order valence-electron chi connectivity index (χ2n) is 4.60. The van der Waals surface area contributed by atoms with Gasteiger partial charge < -0.3 is 10.6 Å². The normalized spacial score (nSPS) is 11.0. The van der Waals surface area contributed by atoms with E-state index in [0.717, 1.165) is 29.0 Å². The number of benzene rings is 1. The Kier molecular flexibility index (Phi) is 8.74. The highest BCUT2D eigenvalue weighted by Crippen LogP contribution is 2.11. The lowest BCUT2D eigenvalue weighted by molar-refractivity contribution is 0.792. The second kappa shape index (κ2) is 10.0. The van der Waals surface area contributed by atoms with Gasteiger partial charge in [0.15, 0.2) is 5.96 Å². The molecule has 2 N–H and O–H groups in total. The van der Waals surface area contributed by atoms with E-state index < -0.39 is 0 Å². The summed E-state index contributed by atoms with van der Waals surface area (Å²) < 4.78 is 0. The van der Waals surface area contributed by atoms with Gasteiger partial charge in [0.1, 0.15) is 5.01 Å². The Balaban J connectivity index is 0.00000242. The van der Waals surface area contributed by atoms with Crippen LogP contribution < -0.4 is 10.6 Å². The van der Waals surface area contributed by atoms with Crippen molar-refractivity contribution in [3.05, 3.63) is 50.9 Å². The zero-order valence-corrected chi connectivity index (χ0v) is 16.5. The van der Waals surface area contributed by atoms with Crippen LogP contribution in [0.25, 0.3) is 0 Å². The predicted octanol–water partition coefficient (Wildman–Crippen LogP) is 3.63. The highest BCUT2D eigenvalue weighted by molar-refractivity contribution is 14.0. The molecular formula is C15H20ClIN4S. The fraction of sp³-hybridized carbons (Fsp3) is 0.333. The number of hydrogen-bond acceptors (Lipinski definition) is 3. The first kappa shape index (κ1) is 19.2. The zero-order valence-electron chi connectivity index (χ0n) is 12.6. The molecule has 0 spiro atoms. The maximum absolute atomic E-state index is 5.97. The van der Waals surface area contributed by atoms with E-state index in [0.29, 0.717) is 6.54 Å². The van der Waals surface area contributed by atoms with Crippen LogP contribution in [0.3, 0.4) is 0 Å². The Labute approximate surface area is 157 Å². The van der Waals surface area contributed by atoms with Crippen molar-refractivity contribution in [2.75, 3.05) is 13.6 Å². The minimum Gasteiger partial charge on any atom is -0.356 e. The van der Waals surface area contributed by atoms with Gasteiger partial charge in [-0.05, 0) is 31.0 Å². The minimum absolute atomic E-state index is 0. The van der Waals surface area contributed by atoms with Gasteiger partial charge >= 0.3 is 0 Å². The summed E-state index contributed by atoms with van der Waals surface area (Å²) >= 11 is 7.66. The van der Waals surface area contributed by atoms with Gasteiger partial charge in [-0.1, -0.05) is 23.7 Å². The summed E-state index contributed by atoms with van der Waals surface area (Å²) in [6, 6.07) is 7.91. The molecule has 0 aliphatic heterocycles. The van der Waals surface area contributed by atoms with Crippen molar-refractivity contribution in [1.29, 1.82) is 0 Å². The SMILES string of the molecule is CN=C(NCCc1cccc(Cl)c1)NCc1ncc(C)s1.I. The number of halogens is 2. The molecular weight excluding hydrogens is 431 g/mol. The van der Waals surface area contributed by atoms with Crippen molar-refractivity contribution in [2.24, 2.45) is 4.99 Å². The molecule has 1 aromatic heterocycles. The van der Waals surface area contributed by atoms with Crippen LogP contribution >= 0.6 is 46.9 Å². The Hall–Kier alpha value is -0.860. The summed E-state index contributed by atoms with van der Waals surface area (Å²) in [4.78, 5) is 9.74. The van der Waals surface area contributed by atoms with Crippen LogP contribution in [0.15, 0.2) is 35.5 Å². The molecule has 120 valence electrons. The fourth-order valence-corrected chi connectivity index (χ4v) is 2.82. The summed E-state index contributed by atoms with van der Waals surface area (Å²) in [5, 5.41) is 8.38. The van der Waals surface area contributed by atoms with E-state index in [1.807, 2.05) is 24.4 Å². The highest BCUT2D eigenvalue weighted by atomic mass is 127. The van der Waals surface area contributed by atoms with Gasteiger partial charge in [-0.15, -0.1) is 35.3 Å². The molecule has 22 heavy (non-hydrogen) atoms. The number of rotatable bonds is 5. The van der Waals surface area contributed by atoms with Gasteiger partial charge in [-0.25, -0.2) is 4.98 Å². The molecule has 0 atom stereocenters. The van der Waals surface area contributed by atoms with Crippen LogP contribution in [0.1, 0.15) is 15.4 Å². The van der Waals surface area contributed by atoms with E-state index in [4.69, 9.17) is 11.6 Å². The Morgan fingerprint density at radius 2 is 2.18 bits per heavy atom. The molecule has 0 saturated heterocycles. The number of thiazole rings is 1. The lowest BCUT2D eigenvalue weighted by Crippen LogP contribution is -2.37. The molecule has 0 aliphatic carbocycles. The lowest BCUT2D eigenvalue weighted by Gasteiger charge is -2.11. The topological polar surface area (TPSA) is 49.3 Å². The quantitative estimate of drug-likeness (QED) is 0.415. The maximum atomic E-state index is 5.97. The smallest absolute Gasteiger partial charge is 0.191 e.